The SMILES string of the molecule is CCn1nnc2c(N3CCN(CC(=O)N4CCc5ccccc54)CC3)ncnc21. The van der Waals surface area contributed by atoms with Crippen molar-refractivity contribution >= 4 is 28.6 Å². The largest absolute Gasteiger partial charge is 0.352 e. The summed E-state index contributed by atoms with van der Waals surface area (Å²) in [6.45, 7) is 7.21. The lowest BCUT2D eigenvalue weighted by molar-refractivity contribution is -0.119. The number of para-hydroxylation sites is 1. The van der Waals surface area contributed by atoms with Gasteiger partial charge in [0.25, 0.3) is 0 Å². The van der Waals surface area contributed by atoms with Gasteiger partial charge in [0, 0.05) is 45.0 Å². The van der Waals surface area contributed by atoms with Crippen molar-refractivity contribution < 1.29 is 4.79 Å². The molecule has 1 fully saturated rings. The van der Waals surface area contributed by atoms with E-state index in [0.29, 0.717) is 6.54 Å². The zero-order valence-electron chi connectivity index (χ0n) is 16.5. The molecule has 0 unspecified atom stereocenters. The molecular weight excluding hydrogens is 368 g/mol. The Morgan fingerprint density at radius 2 is 1.90 bits per heavy atom. The minimum atomic E-state index is 0.179. The van der Waals surface area contributed by atoms with Gasteiger partial charge in [-0.2, -0.15) is 0 Å². The van der Waals surface area contributed by atoms with Gasteiger partial charge in [0.15, 0.2) is 17.0 Å². The van der Waals surface area contributed by atoms with Gasteiger partial charge in [0.2, 0.25) is 5.91 Å². The molecule has 0 spiro atoms. The molecule has 9 heteroatoms. The second-order valence-electron chi connectivity index (χ2n) is 7.46. The molecule has 2 aromatic heterocycles. The number of hydrogen-bond donors (Lipinski definition) is 0. The van der Waals surface area contributed by atoms with Crippen LogP contribution in [0.5, 0.6) is 0 Å². The van der Waals surface area contributed by atoms with Crippen LogP contribution in [0.15, 0.2) is 30.6 Å². The van der Waals surface area contributed by atoms with E-state index in [0.717, 1.165) is 68.4 Å². The molecule has 0 N–H and O–H groups in total. The molecule has 150 valence electrons. The highest BCUT2D eigenvalue weighted by Crippen LogP contribution is 2.27. The molecule has 29 heavy (non-hydrogen) atoms. The van der Waals surface area contributed by atoms with Crippen molar-refractivity contribution in [1.29, 1.82) is 0 Å². The highest BCUT2D eigenvalue weighted by molar-refractivity contribution is 5.96. The van der Waals surface area contributed by atoms with Crippen LogP contribution in [0.2, 0.25) is 0 Å². The first-order valence-corrected chi connectivity index (χ1v) is 10.1. The van der Waals surface area contributed by atoms with Crippen molar-refractivity contribution in [3.05, 3.63) is 36.2 Å². The number of carbonyl (C=O) groups excluding carboxylic acids is 1. The number of anilines is 2. The number of rotatable bonds is 4. The number of aryl methyl sites for hydroxylation is 1. The minimum absolute atomic E-state index is 0.179. The van der Waals surface area contributed by atoms with Gasteiger partial charge in [-0.3, -0.25) is 9.69 Å². The number of amides is 1. The second-order valence-corrected chi connectivity index (χ2v) is 7.46. The molecule has 0 atom stereocenters. The molecule has 0 bridgehead atoms. The highest BCUT2D eigenvalue weighted by Gasteiger charge is 2.28. The van der Waals surface area contributed by atoms with E-state index < -0.39 is 0 Å². The molecule has 4 heterocycles. The van der Waals surface area contributed by atoms with Gasteiger partial charge in [0.1, 0.15) is 6.33 Å². The van der Waals surface area contributed by atoms with Crippen molar-refractivity contribution in [2.45, 2.75) is 19.9 Å². The van der Waals surface area contributed by atoms with E-state index in [4.69, 9.17) is 0 Å². The molecule has 1 saturated heterocycles. The third-order valence-electron chi connectivity index (χ3n) is 5.80. The average molecular weight is 392 g/mol. The van der Waals surface area contributed by atoms with E-state index in [1.165, 1.54) is 5.56 Å². The molecule has 1 aromatic carbocycles. The Bertz CT molecular complexity index is 1040. The highest BCUT2D eigenvalue weighted by atomic mass is 16.2. The predicted molar refractivity (Wildman–Crippen MR) is 110 cm³/mol. The van der Waals surface area contributed by atoms with Gasteiger partial charge in [0.05, 0.1) is 6.54 Å². The van der Waals surface area contributed by atoms with Gasteiger partial charge in [-0.1, -0.05) is 23.4 Å². The van der Waals surface area contributed by atoms with E-state index in [1.807, 2.05) is 30.0 Å². The summed E-state index contributed by atoms with van der Waals surface area (Å²) in [5.74, 6) is 1.01. The van der Waals surface area contributed by atoms with Crippen LogP contribution in [-0.2, 0) is 17.8 Å². The molecule has 2 aliphatic rings. The fourth-order valence-corrected chi connectivity index (χ4v) is 4.22. The zero-order valence-corrected chi connectivity index (χ0v) is 16.5. The van der Waals surface area contributed by atoms with Gasteiger partial charge in [-0.15, -0.1) is 5.10 Å². The van der Waals surface area contributed by atoms with Crippen LogP contribution in [0.1, 0.15) is 12.5 Å². The number of carbonyl (C=O) groups is 1. The maximum absolute atomic E-state index is 12.9. The number of nitrogens with zero attached hydrogens (tertiary/aromatic N) is 8. The van der Waals surface area contributed by atoms with Crippen LogP contribution in [0.3, 0.4) is 0 Å². The van der Waals surface area contributed by atoms with E-state index >= 15 is 0 Å². The fourth-order valence-electron chi connectivity index (χ4n) is 4.22. The predicted octanol–water partition coefficient (Wildman–Crippen LogP) is 0.953. The molecule has 1 amide bonds. The summed E-state index contributed by atoms with van der Waals surface area (Å²) in [5.41, 5.74) is 3.84. The Labute approximate surface area is 168 Å². The van der Waals surface area contributed by atoms with Gasteiger partial charge in [-0.05, 0) is 25.0 Å². The quantitative estimate of drug-likeness (QED) is 0.654. The monoisotopic (exact) mass is 392 g/mol. The minimum Gasteiger partial charge on any atom is -0.352 e. The summed E-state index contributed by atoms with van der Waals surface area (Å²) < 4.78 is 1.78. The van der Waals surface area contributed by atoms with Crippen LogP contribution >= 0.6 is 0 Å². The molecule has 3 aromatic rings. The molecule has 0 aliphatic carbocycles. The molecule has 2 aliphatic heterocycles. The van der Waals surface area contributed by atoms with Crippen molar-refractivity contribution in [2.24, 2.45) is 0 Å². The van der Waals surface area contributed by atoms with Crippen LogP contribution in [0, 0.1) is 0 Å². The van der Waals surface area contributed by atoms with Gasteiger partial charge < -0.3 is 9.80 Å². The lowest BCUT2D eigenvalue weighted by Gasteiger charge is -2.35. The summed E-state index contributed by atoms with van der Waals surface area (Å²) in [6, 6.07) is 8.19. The maximum atomic E-state index is 12.9. The van der Waals surface area contributed by atoms with Crippen molar-refractivity contribution in [1.82, 2.24) is 29.9 Å². The second kappa shape index (κ2) is 7.40. The summed E-state index contributed by atoms with van der Waals surface area (Å²) in [4.78, 5) is 28.0. The van der Waals surface area contributed by atoms with Gasteiger partial charge in [-0.25, -0.2) is 14.6 Å². The van der Waals surface area contributed by atoms with Crippen LogP contribution in [0.4, 0.5) is 11.5 Å². The Kier molecular flexibility index (Phi) is 4.59. The van der Waals surface area contributed by atoms with Crippen molar-refractivity contribution in [3.8, 4) is 0 Å². The van der Waals surface area contributed by atoms with Crippen LogP contribution in [0.25, 0.3) is 11.2 Å². The number of aromatic nitrogens is 5. The van der Waals surface area contributed by atoms with E-state index in [-0.39, 0.29) is 5.91 Å². The lowest BCUT2D eigenvalue weighted by Crippen LogP contribution is -2.50. The summed E-state index contributed by atoms with van der Waals surface area (Å²) in [6.07, 6.45) is 2.52. The standard InChI is InChI=1S/C20H24N8O/c1-2-28-20-18(23-24-28)19(21-14-22-20)26-11-9-25(10-12-26)13-17(29)27-8-7-15-5-3-4-6-16(15)27/h3-6,14H,2,7-13H2,1H3. The van der Waals surface area contributed by atoms with Crippen LogP contribution in [-0.4, -0.2) is 75.0 Å². The normalized spacial score (nSPS) is 17.1. The number of benzene rings is 1. The Morgan fingerprint density at radius 3 is 2.72 bits per heavy atom. The van der Waals surface area contributed by atoms with E-state index in [1.54, 1.807) is 11.0 Å². The van der Waals surface area contributed by atoms with E-state index in [9.17, 15) is 4.79 Å². The van der Waals surface area contributed by atoms with E-state index in [2.05, 4.69) is 36.1 Å². The smallest absolute Gasteiger partial charge is 0.241 e. The Morgan fingerprint density at radius 1 is 1.07 bits per heavy atom. The zero-order chi connectivity index (χ0) is 19.8. The average Bonchev–Trinajstić information content (AvgIpc) is 3.38. The number of hydrogen-bond acceptors (Lipinski definition) is 7. The summed E-state index contributed by atoms with van der Waals surface area (Å²) >= 11 is 0. The molecule has 9 nitrogen and oxygen atoms in total. The third-order valence-corrected chi connectivity index (χ3v) is 5.80. The van der Waals surface area contributed by atoms with Crippen molar-refractivity contribution in [2.75, 3.05) is 49.1 Å². The Hall–Kier alpha value is -3.07. The Balaban J connectivity index is 1.24. The van der Waals surface area contributed by atoms with Gasteiger partial charge >= 0.3 is 0 Å². The van der Waals surface area contributed by atoms with Crippen LogP contribution < -0.4 is 9.80 Å². The molecular formula is C20H24N8O. The lowest BCUT2D eigenvalue weighted by atomic mass is 10.2. The first-order chi connectivity index (χ1) is 14.2. The summed E-state index contributed by atoms with van der Waals surface area (Å²) in [7, 11) is 0. The third kappa shape index (κ3) is 3.21. The maximum Gasteiger partial charge on any atom is 0.241 e. The number of piperazine rings is 1. The fraction of sp³-hybridized carbons (Fsp3) is 0.450. The first-order valence-electron chi connectivity index (χ1n) is 10.1. The number of fused-ring (bicyclic) bond motifs is 2. The molecule has 0 saturated carbocycles. The van der Waals surface area contributed by atoms with Crippen molar-refractivity contribution in [3.63, 3.8) is 0 Å². The molecule has 5 rings (SSSR count). The first kappa shape index (κ1) is 18.0. The topological polar surface area (TPSA) is 83.3 Å². The molecule has 0 radical (unpaired) electrons. The summed E-state index contributed by atoms with van der Waals surface area (Å²) in [5, 5.41) is 8.44.